The lowest BCUT2D eigenvalue weighted by Gasteiger charge is -2.10. The Balaban J connectivity index is 1.72. The van der Waals surface area contributed by atoms with Gasteiger partial charge in [-0.15, -0.1) is 5.10 Å². The van der Waals surface area contributed by atoms with Crippen molar-refractivity contribution < 1.29 is 9.53 Å². The molecule has 3 aromatic rings. The molecule has 7 nitrogen and oxygen atoms in total. The summed E-state index contributed by atoms with van der Waals surface area (Å²) >= 11 is 19.2. The Morgan fingerprint density at radius 3 is 2.63 bits per heavy atom. The molecule has 0 spiro atoms. The number of amides is 1. The first-order valence-corrected chi connectivity index (χ1v) is 9.60. The molecule has 2 aromatic carbocycles. The summed E-state index contributed by atoms with van der Waals surface area (Å²) in [5.74, 6) is 0.335. The highest BCUT2D eigenvalue weighted by molar-refractivity contribution is 7.99. The Morgan fingerprint density at radius 2 is 1.93 bits per heavy atom. The van der Waals surface area contributed by atoms with Crippen LogP contribution in [0.1, 0.15) is 0 Å². The minimum absolute atomic E-state index is 0.0464. The summed E-state index contributed by atoms with van der Waals surface area (Å²) < 4.78 is 6.82. The number of nitrogens with zero attached hydrogens (tertiary/aromatic N) is 4. The molecule has 0 atom stereocenters. The SMILES string of the molecule is COc1ccccc1-n1nnnc1SCC(=O)Nc1c(Cl)cc(Cl)cc1Cl. The van der Waals surface area contributed by atoms with Gasteiger partial charge >= 0.3 is 0 Å². The highest BCUT2D eigenvalue weighted by Gasteiger charge is 2.16. The Bertz CT molecular complexity index is 959. The summed E-state index contributed by atoms with van der Waals surface area (Å²) in [6, 6.07) is 10.3. The van der Waals surface area contributed by atoms with E-state index in [4.69, 9.17) is 39.5 Å². The molecular weight excluding hydrogens is 433 g/mol. The number of tetrazole rings is 1. The van der Waals surface area contributed by atoms with Crippen molar-refractivity contribution in [3.63, 3.8) is 0 Å². The Morgan fingerprint density at radius 1 is 1.22 bits per heavy atom. The predicted octanol–water partition coefficient (Wildman–Crippen LogP) is 4.36. The Labute approximate surface area is 173 Å². The topological polar surface area (TPSA) is 81.9 Å². The number of thioether (sulfide) groups is 1. The van der Waals surface area contributed by atoms with Gasteiger partial charge in [0.15, 0.2) is 0 Å². The van der Waals surface area contributed by atoms with Crippen LogP contribution in [0.15, 0.2) is 41.6 Å². The summed E-state index contributed by atoms with van der Waals surface area (Å²) in [4.78, 5) is 12.3. The van der Waals surface area contributed by atoms with E-state index in [0.717, 1.165) is 11.8 Å². The molecule has 1 heterocycles. The van der Waals surface area contributed by atoms with Gasteiger partial charge < -0.3 is 10.1 Å². The van der Waals surface area contributed by atoms with Gasteiger partial charge in [-0.3, -0.25) is 4.79 Å². The number of hydrogen-bond donors (Lipinski definition) is 1. The number of halogens is 3. The summed E-state index contributed by atoms with van der Waals surface area (Å²) in [5.41, 5.74) is 0.967. The van der Waals surface area contributed by atoms with Gasteiger partial charge in [0, 0.05) is 5.02 Å². The number of para-hydroxylation sites is 2. The number of carbonyl (C=O) groups excluding carboxylic acids is 1. The highest BCUT2D eigenvalue weighted by Crippen LogP contribution is 2.34. The number of aromatic nitrogens is 4. The molecule has 1 amide bonds. The van der Waals surface area contributed by atoms with Crippen LogP contribution in [0.25, 0.3) is 5.69 Å². The number of anilines is 1. The summed E-state index contributed by atoms with van der Waals surface area (Å²) in [6.45, 7) is 0. The third-order valence-electron chi connectivity index (χ3n) is 3.36. The van der Waals surface area contributed by atoms with E-state index in [0.29, 0.717) is 27.3 Å². The van der Waals surface area contributed by atoms with Gasteiger partial charge in [0.05, 0.1) is 28.6 Å². The molecule has 0 radical (unpaired) electrons. The van der Waals surface area contributed by atoms with E-state index in [2.05, 4.69) is 20.8 Å². The molecule has 0 aliphatic rings. The van der Waals surface area contributed by atoms with Gasteiger partial charge in [-0.2, -0.15) is 4.68 Å². The van der Waals surface area contributed by atoms with Crippen LogP contribution in [0.5, 0.6) is 5.75 Å². The van der Waals surface area contributed by atoms with E-state index >= 15 is 0 Å². The molecule has 27 heavy (non-hydrogen) atoms. The van der Waals surface area contributed by atoms with Crippen molar-refractivity contribution in [1.82, 2.24) is 20.2 Å². The zero-order chi connectivity index (χ0) is 19.4. The molecule has 0 aliphatic heterocycles. The zero-order valence-corrected chi connectivity index (χ0v) is 16.9. The van der Waals surface area contributed by atoms with Crippen LogP contribution in [-0.2, 0) is 4.79 Å². The summed E-state index contributed by atoms with van der Waals surface area (Å²) in [5, 5.41) is 15.6. The molecule has 140 valence electrons. The molecule has 0 saturated heterocycles. The minimum Gasteiger partial charge on any atom is -0.494 e. The molecule has 0 fully saturated rings. The molecule has 1 aromatic heterocycles. The first-order chi connectivity index (χ1) is 13.0. The summed E-state index contributed by atoms with van der Waals surface area (Å²) in [6.07, 6.45) is 0. The fourth-order valence-electron chi connectivity index (χ4n) is 2.19. The number of ether oxygens (including phenoxy) is 1. The second-order valence-corrected chi connectivity index (χ2v) is 7.32. The predicted molar refractivity (Wildman–Crippen MR) is 107 cm³/mol. The zero-order valence-electron chi connectivity index (χ0n) is 13.8. The molecule has 0 unspecified atom stereocenters. The van der Waals surface area contributed by atoms with Crippen molar-refractivity contribution in [3.05, 3.63) is 51.5 Å². The van der Waals surface area contributed by atoms with Gasteiger partial charge in [0.2, 0.25) is 11.1 Å². The number of methoxy groups -OCH3 is 1. The van der Waals surface area contributed by atoms with Crippen LogP contribution in [0.3, 0.4) is 0 Å². The Hall–Kier alpha value is -2.00. The van der Waals surface area contributed by atoms with Crippen molar-refractivity contribution in [2.24, 2.45) is 0 Å². The lowest BCUT2D eigenvalue weighted by Crippen LogP contribution is -2.15. The third kappa shape index (κ3) is 4.65. The normalized spacial score (nSPS) is 10.7. The average Bonchev–Trinajstić information content (AvgIpc) is 3.11. The van der Waals surface area contributed by atoms with Crippen LogP contribution >= 0.6 is 46.6 Å². The number of rotatable bonds is 6. The van der Waals surface area contributed by atoms with Crippen LogP contribution in [0, 0.1) is 0 Å². The average molecular weight is 445 g/mol. The van der Waals surface area contributed by atoms with E-state index in [1.165, 1.54) is 16.8 Å². The molecule has 1 N–H and O–H groups in total. The van der Waals surface area contributed by atoms with Crippen LogP contribution in [0.4, 0.5) is 5.69 Å². The maximum atomic E-state index is 12.3. The van der Waals surface area contributed by atoms with Crippen LogP contribution < -0.4 is 10.1 Å². The molecule has 0 saturated carbocycles. The summed E-state index contributed by atoms with van der Waals surface area (Å²) in [7, 11) is 1.56. The van der Waals surface area contributed by atoms with Gasteiger partial charge in [0.25, 0.3) is 0 Å². The maximum Gasteiger partial charge on any atom is 0.234 e. The van der Waals surface area contributed by atoms with Gasteiger partial charge in [-0.25, -0.2) is 0 Å². The second kappa shape index (κ2) is 8.79. The maximum absolute atomic E-state index is 12.3. The van der Waals surface area contributed by atoms with Crippen molar-refractivity contribution >= 4 is 58.2 Å². The minimum atomic E-state index is -0.319. The third-order valence-corrected chi connectivity index (χ3v) is 5.09. The van der Waals surface area contributed by atoms with Crippen LogP contribution in [-0.4, -0.2) is 39.0 Å². The van der Waals surface area contributed by atoms with Gasteiger partial charge in [-0.05, 0) is 34.7 Å². The smallest absolute Gasteiger partial charge is 0.234 e. The van der Waals surface area contributed by atoms with Crippen LogP contribution in [0.2, 0.25) is 15.1 Å². The highest BCUT2D eigenvalue weighted by atomic mass is 35.5. The number of nitrogens with one attached hydrogen (secondary N) is 1. The van der Waals surface area contributed by atoms with Crippen molar-refractivity contribution in [2.75, 3.05) is 18.2 Å². The van der Waals surface area contributed by atoms with Gasteiger partial charge in [0.1, 0.15) is 11.4 Å². The van der Waals surface area contributed by atoms with E-state index < -0.39 is 0 Å². The molecule has 3 rings (SSSR count). The Kier molecular flexibility index (Phi) is 6.43. The van der Waals surface area contributed by atoms with Crippen molar-refractivity contribution in [3.8, 4) is 11.4 Å². The second-order valence-electron chi connectivity index (χ2n) is 5.13. The van der Waals surface area contributed by atoms with E-state index in [1.807, 2.05) is 18.2 Å². The van der Waals surface area contributed by atoms with Crippen molar-refractivity contribution in [1.29, 1.82) is 0 Å². The fourth-order valence-corrected chi connectivity index (χ4v) is 3.79. The lowest BCUT2D eigenvalue weighted by molar-refractivity contribution is -0.113. The number of hydrogen-bond acceptors (Lipinski definition) is 6. The first-order valence-electron chi connectivity index (χ1n) is 7.48. The molecule has 0 aliphatic carbocycles. The number of carbonyl (C=O) groups is 1. The van der Waals surface area contributed by atoms with Crippen molar-refractivity contribution in [2.45, 2.75) is 5.16 Å². The van der Waals surface area contributed by atoms with E-state index in [-0.39, 0.29) is 21.7 Å². The molecular formula is C16H12Cl3N5O2S. The lowest BCUT2D eigenvalue weighted by atomic mass is 10.3. The fraction of sp³-hybridized carbons (Fsp3) is 0.125. The molecule has 0 bridgehead atoms. The number of benzene rings is 2. The van der Waals surface area contributed by atoms with Gasteiger partial charge in [-0.1, -0.05) is 58.7 Å². The quantitative estimate of drug-likeness (QED) is 0.569. The molecule has 11 heteroatoms. The standard InChI is InChI=1S/C16H12Cl3N5O2S/c1-26-13-5-3-2-4-12(13)24-16(21-22-23-24)27-8-14(25)20-15-10(18)6-9(17)7-11(15)19/h2-7H,8H2,1H3,(H,20,25). The van der Waals surface area contributed by atoms with E-state index in [9.17, 15) is 4.79 Å². The van der Waals surface area contributed by atoms with E-state index in [1.54, 1.807) is 13.2 Å². The first kappa shape index (κ1) is 19.8. The largest absolute Gasteiger partial charge is 0.494 e. The monoisotopic (exact) mass is 443 g/mol.